The van der Waals surface area contributed by atoms with Crippen molar-refractivity contribution in [2.24, 2.45) is 0 Å². The highest BCUT2D eigenvalue weighted by molar-refractivity contribution is 5.77. The number of nitrogens with zero attached hydrogens (tertiary/aromatic N) is 3. The van der Waals surface area contributed by atoms with Gasteiger partial charge in [-0.2, -0.15) is 0 Å². The molecule has 3 saturated heterocycles. The van der Waals surface area contributed by atoms with Gasteiger partial charge >= 0.3 is 6.03 Å². The molecule has 24 heavy (non-hydrogen) atoms. The van der Waals surface area contributed by atoms with Gasteiger partial charge in [0.05, 0.1) is 6.04 Å². The fourth-order valence-electron chi connectivity index (χ4n) is 4.11. The van der Waals surface area contributed by atoms with E-state index < -0.39 is 0 Å². The maximum Gasteiger partial charge on any atom is 0.320 e. The summed E-state index contributed by atoms with van der Waals surface area (Å²) in [4.78, 5) is 19.0. The Kier molecular flexibility index (Phi) is 4.41. The second kappa shape index (κ2) is 6.69. The Labute approximate surface area is 142 Å². The van der Waals surface area contributed by atoms with Gasteiger partial charge in [0.1, 0.15) is 5.82 Å². The van der Waals surface area contributed by atoms with Gasteiger partial charge in [0, 0.05) is 57.5 Å². The number of carbonyl (C=O) groups excluding carboxylic acids is 1. The second-order valence-corrected chi connectivity index (χ2v) is 6.95. The molecule has 2 amide bonds. The molecular weight excluding hydrogens is 309 g/mol. The lowest BCUT2D eigenvalue weighted by atomic mass is 10.1. The zero-order chi connectivity index (χ0) is 16.5. The monoisotopic (exact) mass is 333 g/mol. The summed E-state index contributed by atoms with van der Waals surface area (Å²) < 4.78 is 19.3. The quantitative estimate of drug-likeness (QED) is 0.848. The maximum atomic E-state index is 13.9. The average molecular weight is 333 g/mol. The van der Waals surface area contributed by atoms with Crippen molar-refractivity contribution in [1.82, 2.24) is 14.7 Å². The van der Waals surface area contributed by atoms with Crippen LogP contribution in [0.2, 0.25) is 0 Å². The van der Waals surface area contributed by atoms with Crippen molar-refractivity contribution in [2.45, 2.75) is 31.5 Å². The third kappa shape index (κ3) is 3.00. The number of hydrogen-bond donors (Lipinski definition) is 0. The molecule has 1 atom stereocenters. The molecule has 6 heteroatoms. The fraction of sp³-hybridized carbons (Fsp3) is 0.611. The highest BCUT2D eigenvalue weighted by Gasteiger charge is 2.43. The first-order valence-electron chi connectivity index (χ1n) is 8.83. The number of piperazine rings is 1. The van der Waals surface area contributed by atoms with Crippen LogP contribution in [0.4, 0.5) is 9.18 Å². The van der Waals surface area contributed by atoms with Gasteiger partial charge in [-0.25, -0.2) is 9.18 Å². The SMILES string of the molecule is O=C1N(C2CCOCC2)C[C@H]2CN(Cc3ccccc3F)CCN12. The van der Waals surface area contributed by atoms with Crippen LogP contribution in [0.25, 0.3) is 0 Å². The van der Waals surface area contributed by atoms with Gasteiger partial charge in [-0.1, -0.05) is 18.2 Å². The van der Waals surface area contributed by atoms with Crippen LogP contribution in [0.5, 0.6) is 0 Å². The van der Waals surface area contributed by atoms with E-state index in [1.165, 1.54) is 6.07 Å². The zero-order valence-corrected chi connectivity index (χ0v) is 13.9. The number of hydrogen-bond acceptors (Lipinski definition) is 3. The summed E-state index contributed by atoms with van der Waals surface area (Å²) in [6.45, 7) is 5.26. The highest BCUT2D eigenvalue weighted by Crippen LogP contribution is 2.27. The molecule has 4 rings (SSSR count). The van der Waals surface area contributed by atoms with Crippen molar-refractivity contribution < 1.29 is 13.9 Å². The Morgan fingerprint density at radius 3 is 2.62 bits per heavy atom. The first kappa shape index (κ1) is 15.8. The minimum absolute atomic E-state index is 0.147. The lowest BCUT2D eigenvalue weighted by Gasteiger charge is -2.36. The maximum absolute atomic E-state index is 13.9. The third-order valence-electron chi connectivity index (χ3n) is 5.45. The van der Waals surface area contributed by atoms with Gasteiger partial charge < -0.3 is 14.5 Å². The predicted molar refractivity (Wildman–Crippen MR) is 88.1 cm³/mol. The van der Waals surface area contributed by atoms with Crippen LogP contribution in [0.1, 0.15) is 18.4 Å². The first-order valence-corrected chi connectivity index (χ1v) is 8.83. The molecule has 3 aliphatic rings. The predicted octanol–water partition coefficient (Wildman–Crippen LogP) is 1.93. The molecule has 1 aromatic carbocycles. The summed E-state index contributed by atoms with van der Waals surface area (Å²) in [5, 5.41) is 0. The van der Waals surface area contributed by atoms with E-state index >= 15 is 0 Å². The molecule has 0 aliphatic carbocycles. The summed E-state index contributed by atoms with van der Waals surface area (Å²) in [5.74, 6) is -0.147. The normalized spacial score (nSPS) is 26.0. The van der Waals surface area contributed by atoms with E-state index in [9.17, 15) is 9.18 Å². The summed E-state index contributed by atoms with van der Waals surface area (Å²) in [5.41, 5.74) is 0.733. The second-order valence-electron chi connectivity index (χ2n) is 6.95. The molecule has 0 bridgehead atoms. The van der Waals surface area contributed by atoms with Gasteiger partial charge in [0.2, 0.25) is 0 Å². The summed E-state index contributed by atoms with van der Waals surface area (Å²) in [6, 6.07) is 7.67. The van der Waals surface area contributed by atoms with Gasteiger partial charge in [-0.05, 0) is 18.9 Å². The number of fused-ring (bicyclic) bond motifs is 1. The molecule has 0 aromatic heterocycles. The van der Waals surface area contributed by atoms with Crippen LogP contribution in [-0.2, 0) is 11.3 Å². The van der Waals surface area contributed by atoms with Crippen LogP contribution >= 0.6 is 0 Å². The molecule has 0 unspecified atom stereocenters. The molecule has 0 radical (unpaired) electrons. The van der Waals surface area contributed by atoms with E-state index in [4.69, 9.17) is 4.74 Å². The summed E-state index contributed by atoms with van der Waals surface area (Å²) in [7, 11) is 0. The first-order chi connectivity index (χ1) is 11.7. The molecule has 3 fully saturated rings. The molecule has 130 valence electrons. The number of ether oxygens (including phenoxy) is 1. The van der Waals surface area contributed by atoms with Crippen molar-refractivity contribution in [2.75, 3.05) is 39.4 Å². The van der Waals surface area contributed by atoms with E-state index in [2.05, 4.69) is 4.90 Å². The average Bonchev–Trinajstić information content (AvgIpc) is 2.94. The standard InChI is InChI=1S/C18H24FN3O2/c19-17-4-2-1-3-14(17)11-20-7-8-21-16(12-20)13-22(18(21)23)15-5-9-24-10-6-15/h1-4,15-16H,5-13H2/t16-/m1/s1. The Balaban J connectivity index is 1.40. The van der Waals surface area contributed by atoms with Gasteiger partial charge in [0.15, 0.2) is 0 Å². The van der Waals surface area contributed by atoms with E-state index in [1.807, 2.05) is 21.9 Å². The van der Waals surface area contributed by atoms with E-state index in [1.54, 1.807) is 6.07 Å². The van der Waals surface area contributed by atoms with Crippen molar-refractivity contribution in [3.8, 4) is 0 Å². The number of amides is 2. The van der Waals surface area contributed by atoms with E-state index in [0.29, 0.717) is 12.6 Å². The van der Waals surface area contributed by atoms with Crippen LogP contribution in [0.3, 0.4) is 0 Å². The number of carbonyl (C=O) groups is 1. The zero-order valence-electron chi connectivity index (χ0n) is 13.9. The molecule has 1 aromatic rings. The Bertz CT molecular complexity index is 606. The van der Waals surface area contributed by atoms with Crippen LogP contribution in [-0.4, -0.2) is 72.2 Å². The van der Waals surface area contributed by atoms with Crippen molar-refractivity contribution >= 4 is 6.03 Å². The minimum atomic E-state index is -0.147. The molecule has 3 aliphatic heterocycles. The van der Waals surface area contributed by atoms with Gasteiger partial charge in [0.25, 0.3) is 0 Å². The molecule has 5 nitrogen and oxygen atoms in total. The summed E-state index contributed by atoms with van der Waals surface area (Å²) >= 11 is 0. The van der Waals surface area contributed by atoms with E-state index in [-0.39, 0.29) is 17.9 Å². The largest absolute Gasteiger partial charge is 0.381 e. The van der Waals surface area contributed by atoms with Crippen LogP contribution in [0, 0.1) is 5.82 Å². The molecule has 0 saturated carbocycles. The Morgan fingerprint density at radius 1 is 1.04 bits per heavy atom. The van der Waals surface area contributed by atoms with Gasteiger partial charge in [-0.3, -0.25) is 4.90 Å². The Morgan fingerprint density at radius 2 is 1.83 bits per heavy atom. The van der Waals surface area contributed by atoms with Crippen LogP contribution < -0.4 is 0 Å². The van der Waals surface area contributed by atoms with Crippen molar-refractivity contribution in [3.05, 3.63) is 35.6 Å². The fourth-order valence-corrected chi connectivity index (χ4v) is 4.11. The topological polar surface area (TPSA) is 36.0 Å². The number of benzene rings is 1. The highest BCUT2D eigenvalue weighted by atomic mass is 19.1. The van der Waals surface area contributed by atoms with Gasteiger partial charge in [-0.15, -0.1) is 0 Å². The smallest absolute Gasteiger partial charge is 0.320 e. The Hall–Kier alpha value is -1.66. The van der Waals surface area contributed by atoms with E-state index in [0.717, 1.165) is 57.8 Å². The lowest BCUT2D eigenvalue weighted by Crippen LogP contribution is -2.51. The molecule has 0 N–H and O–H groups in total. The number of urea groups is 1. The van der Waals surface area contributed by atoms with Crippen molar-refractivity contribution in [3.63, 3.8) is 0 Å². The number of rotatable bonds is 3. The van der Waals surface area contributed by atoms with Crippen molar-refractivity contribution in [1.29, 1.82) is 0 Å². The molecule has 0 spiro atoms. The molecular formula is C18H24FN3O2. The summed E-state index contributed by atoms with van der Waals surface area (Å²) in [6.07, 6.45) is 1.87. The lowest BCUT2D eigenvalue weighted by molar-refractivity contribution is 0.0504. The third-order valence-corrected chi connectivity index (χ3v) is 5.45. The molecule has 3 heterocycles. The number of halogens is 1. The van der Waals surface area contributed by atoms with Crippen LogP contribution in [0.15, 0.2) is 24.3 Å². The minimum Gasteiger partial charge on any atom is -0.381 e.